The Morgan fingerprint density at radius 1 is 1.11 bits per heavy atom. The lowest BCUT2D eigenvalue weighted by atomic mass is 9.71. The number of nitrogens with zero attached hydrogens (tertiary/aromatic N) is 4. The Bertz CT molecular complexity index is 1240. The molecule has 0 radical (unpaired) electrons. The minimum atomic E-state index is -0.619. The number of hydrogen-bond acceptors (Lipinski definition) is 7. The number of amides is 1. The summed E-state index contributed by atoms with van der Waals surface area (Å²) in [6, 6.07) is 17.4. The predicted octanol–water partition coefficient (Wildman–Crippen LogP) is 3.61. The van der Waals surface area contributed by atoms with Crippen LogP contribution in [-0.4, -0.2) is 72.5 Å². The summed E-state index contributed by atoms with van der Waals surface area (Å²) in [6.07, 6.45) is 5.07. The standard InChI is InChI=1S/C29H35N5O3/c1-33(22-10-14-30-15-11-22)28(36)29(21-6-5-7-24(18-21)37-2)12-16-34(17-13-29)23-19-26(32-31-20-23)25-8-3-4-9-27(25)35/h3-9,18-20,22,30,35H,10-17H2,1-2H3. The molecule has 2 aromatic carbocycles. The topological polar surface area (TPSA) is 90.8 Å². The Labute approximate surface area is 218 Å². The quantitative estimate of drug-likeness (QED) is 0.533. The number of para-hydroxylation sites is 1. The Balaban J connectivity index is 1.42. The number of ether oxygens (including phenoxy) is 1. The molecule has 2 N–H and O–H groups in total. The average Bonchev–Trinajstić information content (AvgIpc) is 2.97. The van der Waals surface area contributed by atoms with Gasteiger partial charge in [-0.2, -0.15) is 10.2 Å². The first-order valence-electron chi connectivity index (χ1n) is 13.0. The third-order valence-electron chi connectivity index (χ3n) is 8.01. The molecule has 0 saturated carbocycles. The summed E-state index contributed by atoms with van der Waals surface area (Å²) in [7, 11) is 3.63. The Kier molecular flexibility index (Phi) is 7.28. The second-order valence-electron chi connectivity index (χ2n) is 10.0. The van der Waals surface area contributed by atoms with Crippen molar-refractivity contribution in [3.63, 3.8) is 0 Å². The second kappa shape index (κ2) is 10.8. The van der Waals surface area contributed by atoms with Crippen molar-refractivity contribution in [1.82, 2.24) is 20.4 Å². The molecule has 5 rings (SSSR count). The van der Waals surface area contributed by atoms with Crippen molar-refractivity contribution in [2.75, 3.05) is 45.2 Å². The first-order chi connectivity index (χ1) is 18.0. The van der Waals surface area contributed by atoms with Crippen LogP contribution in [0.3, 0.4) is 0 Å². The van der Waals surface area contributed by atoms with Crippen molar-refractivity contribution >= 4 is 11.6 Å². The highest BCUT2D eigenvalue weighted by Gasteiger charge is 2.46. The molecule has 194 valence electrons. The van der Waals surface area contributed by atoms with E-state index < -0.39 is 5.41 Å². The van der Waals surface area contributed by atoms with Gasteiger partial charge in [-0.1, -0.05) is 24.3 Å². The first kappa shape index (κ1) is 25.0. The van der Waals surface area contributed by atoms with Gasteiger partial charge in [0.1, 0.15) is 11.5 Å². The number of carbonyl (C=O) groups excluding carboxylic acids is 1. The van der Waals surface area contributed by atoms with E-state index >= 15 is 0 Å². The lowest BCUT2D eigenvalue weighted by Gasteiger charge is -2.45. The number of anilines is 1. The van der Waals surface area contributed by atoms with E-state index in [1.807, 2.05) is 48.3 Å². The number of piperidine rings is 2. The maximum atomic E-state index is 14.2. The van der Waals surface area contributed by atoms with E-state index in [1.54, 1.807) is 25.4 Å². The summed E-state index contributed by atoms with van der Waals surface area (Å²) in [5, 5.41) is 22.2. The van der Waals surface area contributed by atoms with Crippen LogP contribution < -0.4 is 15.0 Å². The van der Waals surface area contributed by atoms with E-state index in [0.717, 1.165) is 42.9 Å². The molecule has 2 aliphatic rings. The molecule has 0 aliphatic carbocycles. The van der Waals surface area contributed by atoms with Crippen LogP contribution in [0.2, 0.25) is 0 Å². The van der Waals surface area contributed by atoms with Gasteiger partial charge in [0.2, 0.25) is 5.91 Å². The van der Waals surface area contributed by atoms with Crippen LogP contribution in [0.1, 0.15) is 31.2 Å². The number of hydrogen-bond donors (Lipinski definition) is 2. The molecule has 37 heavy (non-hydrogen) atoms. The smallest absolute Gasteiger partial charge is 0.233 e. The highest BCUT2D eigenvalue weighted by atomic mass is 16.5. The van der Waals surface area contributed by atoms with Crippen LogP contribution in [0.5, 0.6) is 11.5 Å². The molecule has 1 aromatic heterocycles. The molecule has 2 aliphatic heterocycles. The summed E-state index contributed by atoms with van der Waals surface area (Å²) in [5.41, 5.74) is 2.61. The van der Waals surface area contributed by atoms with Gasteiger partial charge in [0, 0.05) is 31.7 Å². The van der Waals surface area contributed by atoms with Crippen LogP contribution in [0, 0.1) is 0 Å². The SMILES string of the molecule is COc1cccc(C2(C(=O)N(C)C3CCNCC3)CCN(c3cnnc(-c4ccccc4O)c3)CC2)c1. The minimum absolute atomic E-state index is 0.177. The lowest BCUT2D eigenvalue weighted by Crippen LogP contribution is -2.55. The molecule has 0 atom stereocenters. The van der Waals surface area contributed by atoms with Gasteiger partial charge in [0.05, 0.1) is 30.1 Å². The van der Waals surface area contributed by atoms with E-state index in [0.29, 0.717) is 37.2 Å². The van der Waals surface area contributed by atoms with Gasteiger partial charge in [-0.3, -0.25) is 4.79 Å². The first-order valence-corrected chi connectivity index (χ1v) is 13.0. The molecular formula is C29H35N5O3. The summed E-state index contributed by atoms with van der Waals surface area (Å²) in [4.78, 5) is 18.5. The molecule has 2 saturated heterocycles. The van der Waals surface area contributed by atoms with Gasteiger partial charge >= 0.3 is 0 Å². The number of aromatic hydroxyl groups is 1. The largest absolute Gasteiger partial charge is 0.507 e. The number of likely N-dealkylation sites (N-methyl/N-ethyl adjacent to an activating group) is 1. The molecule has 8 heteroatoms. The third kappa shape index (κ3) is 4.98. The van der Waals surface area contributed by atoms with Crippen molar-refractivity contribution < 1.29 is 14.6 Å². The van der Waals surface area contributed by atoms with E-state index in [1.165, 1.54) is 0 Å². The Hall–Kier alpha value is -3.65. The predicted molar refractivity (Wildman–Crippen MR) is 144 cm³/mol. The average molecular weight is 502 g/mol. The summed E-state index contributed by atoms with van der Waals surface area (Å²) in [5.74, 6) is 1.13. The van der Waals surface area contributed by atoms with Crippen molar-refractivity contribution in [1.29, 1.82) is 0 Å². The molecular weight excluding hydrogens is 466 g/mol. The molecule has 1 amide bonds. The van der Waals surface area contributed by atoms with Crippen molar-refractivity contribution in [3.8, 4) is 22.8 Å². The molecule has 0 spiro atoms. The zero-order valence-electron chi connectivity index (χ0n) is 21.6. The molecule has 0 bridgehead atoms. The highest BCUT2D eigenvalue weighted by Crippen LogP contribution is 2.41. The van der Waals surface area contributed by atoms with Gasteiger partial charge in [-0.25, -0.2) is 0 Å². The number of phenolic OH excluding ortho intramolecular Hbond substituents is 1. The fourth-order valence-corrected chi connectivity index (χ4v) is 5.74. The van der Waals surface area contributed by atoms with Gasteiger partial charge in [0.15, 0.2) is 0 Å². The van der Waals surface area contributed by atoms with E-state index in [9.17, 15) is 9.90 Å². The third-order valence-corrected chi connectivity index (χ3v) is 8.01. The van der Waals surface area contributed by atoms with E-state index in [4.69, 9.17) is 4.74 Å². The number of methoxy groups -OCH3 is 1. The maximum Gasteiger partial charge on any atom is 0.233 e. The molecule has 3 aromatic rings. The number of aromatic nitrogens is 2. The van der Waals surface area contributed by atoms with Crippen LogP contribution in [0.4, 0.5) is 5.69 Å². The molecule has 8 nitrogen and oxygen atoms in total. The number of rotatable bonds is 6. The van der Waals surface area contributed by atoms with Crippen LogP contribution in [0.25, 0.3) is 11.3 Å². The summed E-state index contributed by atoms with van der Waals surface area (Å²) < 4.78 is 5.52. The number of benzene rings is 2. The highest BCUT2D eigenvalue weighted by molar-refractivity contribution is 5.89. The molecule has 0 unspecified atom stereocenters. The van der Waals surface area contributed by atoms with Gasteiger partial charge < -0.3 is 25.0 Å². The zero-order chi connectivity index (χ0) is 25.8. The number of carbonyl (C=O) groups is 1. The van der Waals surface area contributed by atoms with Crippen molar-refractivity contribution in [3.05, 3.63) is 66.4 Å². The normalized spacial score (nSPS) is 17.8. The van der Waals surface area contributed by atoms with Gasteiger partial charge in [0.25, 0.3) is 0 Å². The summed E-state index contributed by atoms with van der Waals surface area (Å²) in [6.45, 7) is 3.29. The lowest BCUT2D eigenvalue weighted by molar-refractivity contribution is -0.139. The van der Waals surface area contributed by atoms with Crippen molar-refractivity contribution in [2.45, 2.75) is 37.1 Å². The van der Waals surface area contributed by atoms with E-state index in [-0.39, 0.29) is 17.7 Å². The fraction of sp³-hybridized carbons (Fsp3) is 0.414. The van der Waals surface area contributed by atoms with Crippen molar-refractivity contribution in [2.24, 2.45) is 0 Å². The summed E-state index contributed by atoms with van der Waals surface area (Å²) >= 11 is 0. The van der Waals surface area contributed by atoms with Crippen LogP contribution in [0.15, 0.2) is 60.8 Å². The van der Waals surface area contributed by atoms with Gasteiger partial charge in [-0.05, 0) is 74.7 Å². The zero-order valence-corrected chi connectivity index (χ0v) is 21.6. The monoisotopic (exact) mass is 501 g/mol. The van der Waals surface area contributed by atoms with Crippen LogP contribution >= 0.6 is 0 Å². The van der Waals surface area contributed by atoms with E-state index in [2.05, 4.69) is 26.5 Å². The molecule has 2 fully saturated rings. The number of phenols is 1. The fourth-order valence-electron chi connectivity index (χ4n) is 5.74. The Morgan fingerprint density at radius 3 is 2.59 bits per heavy atom. The van der Waals surface area contributed by atoms with Crippen LogP contribution in [-0.2, 0) is 10.2 Å². The Morgan fingerprint density at radius 2 is 1.86 bits per heavy atom. The second-order valence-corrected chi connectivity index (χ2v) is 10.0. The maximum absolute atomic E-state index is 14.2. The molecule has 3 heterocycles. The minimum Gasteiger partial charge on any atom is -0.507 e. The van der Waals surface area contributed by atoms with Gasteiger partial charge in [-0.15, -0.1) is 0 Å². The number of nitrogens with one attached hydrogen (secondary N) is 1.